The van der Waals surface area contributed by atoms with Crippen molar-refractivity contribution in [3.8, 4) is 5.75 Å². The molecular formula is C14H11F6N2O2+. The maximum atomic E-state index is 12.8. The monoisotopic (exact) mass is 353 g/mol. The van der Waals surface area contributed by atoms with Crippen molar-refractivity contribution in [1.29, 1.82) is 0 Å². The van der Waals surface area contributed by atoms with E-state index >= 15 is 0 Å². The highest BCUT2D eigenvalue weighted by Crippen LogP contribution is 2.40. The van der Waals surface area contributed by atoms with Crippen LogP contribution in [-0.2, 0) is 25.2 Å². The van der Waals surface area contributed by atoms with E-state index in [-0.39, 0.29) is 18.4 Å². The molecule has 0 saturated heterocycles. The largest absolute Gasteiger partial charge is 0.503 e. The lowest BCUT2D eigenvalue weighted by molar-refractivity contribution is -0.467. The quantitative estimate of drug-likeness (QED) is 0.834. The number of rotatable bonds is 3. The van der Waals surface area contributed by atoms with Gasteiger partial charge < -0.3 is 5.11 Å². The number of benzene rings is 1. The number of hydrogen-bond donors (Lipinski definition) is 2. The summed E-state index contributed by atoms with van der Waals surface area (Å²) in [6.45, 7) is 0. The van der Waals surface area contributed by atoms with Gasteiger partial charge in [0.05, 0.1) is 17.2 Å². The Balaban J connectivity index is 2.28. The number of halogens is 6. The molecule has 0 saturated carbocycles. The first kappa shape index (κ1) is 17.8. The van der Waals surface area contributed by atoms with Crippen LogP contribution >= 0.6 is 0 Å². The first-order valence-electron chi connectivity index (χ1n) is 6.58. The summed E-state index contributed by atoms with van der Waals surface area (Å²) in [5, 5.41) is 13.8. The number of alkyl halides is 6. The molecule has 0 aliphatic carbocycles. The lowest BCUT2D eigenvalue weighted by atomic mass is 9.99. The number of aromatic amines is 2. The number of aromatic hydroxyl groups is 1. The van der Waals surface area contributed by atoms with E-state index in [1.165, 1.54) is 0 Å². The van der Waals surface area contributed by atoms with Crippen LogP contribution in [0.5, 0.6) is 5.75 Å². The lowest BCUT2D eigenvalue weighted by Gasteiger charge is -2.16. The zero-order chi connectivity index (χ0) is 18.1. The van der Waals surface area contributed by atoms with Crippen molar-refractivity contribution in [1.82, 2.24) is 5.10 Å². The highest BCUT2D eigenvalue weighted by molar-refractivity contribution is 5.36. The number of H-pyrrole nitrogens is 2. The summed E-state index contributed by atoms with van der Waals surface area (Å²) < 4.78 is 76.6. The van der Waals surface area contributed by atoms with Crippen molar-refractivity contribution >= 4 is 0 Å². The van der Waals surface area contributed by atoms with Crippen LogP contribution < -0.4 is 10.7 Å². The van der Waals surface area contributed by atoms with Gasteiger partial charge in [0.15, 0.2) is 5.75 Å². The van der Waals surface area contributed by atoms with Crippen molar-refractivity contribution < 1.29 is 36.5 Å². The van der Waals surface area contributed by atoms with Crippen molar-refractivity contribution in [2.24, 2.45) is 0 Å². The minimum absolute atomic E-state index is 0.0246. The van der Waals surface area contributed by atoms with Gasteiger partial charge in [-0.15, -0.1) is 10.2 Å². The molecule has 130 valence electrons. The van der Waals surface area contributed by atoms with E-state index in [1.54, 1.807) is 0 Å². The maximum Gasteiger partial charge on any atom is 0.417 e. The zero-order valence-corrected chi connectivity index (χ0v) is 11.8. The first-order valence-corrected chi connectivity index (χ1v) is 6.58. The van der Waals surface area contributed by atoms with Crippen molar-refractivity contribution in [3.63, 3.8) is 0 Å². The van der Waals surface area contributed by atoms with Gasteiger partial charge in [0.25, 0.3) is 0 Å². The highest BCUT2D eigenvalue weighted by Gasteiger charge is 2.42. The molecule has 0 fully saturated rings. The van der Waals surface area contributed by atoms with Crippen LogP contribution in [0, 0.1) is 0 Å². The molecule has 24 heavy (non-hydrogen) atoms. The van der Waals surface area contributed by atoms with Gasteiger partial charge >= 0.3 is 17.9 Å². The van der Waals surface area contributed by atoms with E-state index in [0.717, 1.165) is 12.1 Å². The SMILES string of the molecule is O=c1[nH][nH+]c(CCc2ccc(C(F)(F)F)c(C(F)(F)F)c2)cc1O. The molecule has 0 aliphatic heterocycles. The lowest BCUT2D eigenvalue weighted by Crippen LogP contribution is -2.25. The molecule has 1 aromatic heterocycles. The van der Waals surface area contributed by atoms with Crippen molar-refractivity contribution in [3.05, 3.63) is 57.0 Å². The smallest absolute Gasteiger partial charge is 0.417 e. The second kappa shape index (κ2) is 6.17. The second-order valence-corrected chi connectivity index (χ2v) is 5.01. The van der Waals surface area contributed by atoms with Gasteiger partial charge in [0.2, 0.25) is 5.69 Å². The Hall–Kier alpha value is -2.52. The molecular weight excluding hydrogens is 342 g/mol. The van der Waals surface area contributed by atoms with E-state index in [2.05, 4.69) is 10.2 Å². The normalized spacial score (nSPS) is 12.4. The van der Waals surface area contributed by atoms with Gasteiger partial charge in [-0.2, -0.15) is 26.3 Å². The molecule has 0 bridgehead atoms. The van der Waals surface area contributed by atoms with E-state index in [9.17, 15) is 36.2 Å². The van der Waals surface area contributed by atoms with E-state index in [0.29, 0.717) is 17.8 Å². The molecule has 0 amide bonds. The highest BCUT2D eigenvalue weighted by atomic mass is 19.4. The van der Waals surface area contributed by atoms with Gasteiger partial charge in [-0.25, -0.2) is 0 Å². The zero-order valence-electron chi connectivity index (χ0n) is 11.8. The van der Waals surface area contributed by atoms with Crippen LogP contribution in [0.1, 0.15) is 22.4 Å². The van der Waals surface area contributed by atoms with Crippen LogP contribution in [0.15, 0.2) is 29.1 Å². The number of aromatic nitrogens is 2. The molecule has 0 atom stereocenters. The summed E-state index contributed by atoms with van der Waals surface area (Å²) in [4.78, 5) is 11.0. The molecule has 1 heterocycles. The number of nitrogens with one attached hydrogen (secondary N) is 2. The molecule has 1 aromatic carbocycles. The summed E-state index contributed by atoms with van der Waals surface area (Å²) in [5.41, 5.74) is -3.92. The summed E-state index contributed by atoms with van der Waals surface area (Å²) in [5.74, 6) is -0.577. The predicted molar refractivity (Wildman–Crippen MR) is 69.1 cm³/mol. The van der Waals surface area contributed by atoms with Crippen LogP contribution in [0.2, 0.25) is 0 Å². The van der Waals surface area contributed by atoms with Crippen molar-refractivity contribution in [2.75, 3.05) is 0 Å². The third-order valence-corrected chi connectivity index (χ3v) is 3.26. The average Bonchev–Trinajstić information content (AvgIpc) is 2.46. The van der Waals surface area contributed by atoms with E-state index in [4.69, 9.17) is 0 Å². The van der Waals surface area contributed by atoms with Crippen LogP contribution in [0.25, 0.3) is 0 Å². The van der Waals surface area contributed by atoms with Gasteiger partial charge in [0.1, 0.15) is 0 Å². The molecule has 0 spiro atoms. The molecule has 0 aliphatic rings. The third kappa shape index (κ3) is 4.06. The Morgan fingerprint density at radius 2 is 1.58 bits per heavy atom. The van der Waals surface area contributed by atoms with Crippen LogP contribution in [0.3, 0.4) is 0 Å². The fourth-order valence-corrected chi connectivity index (χ4v) is 2.11. The Morgan fingerprint density at radius 1 is 0.958 bits per heavy atom. The second-order valence-electron chi connectivity index (χ2n) is 5.01. The van der Waals surface area contributed by atoms with Gasteiger partial charge in [-0.05, 0) is 24.1 Å². The average molecular weight is 353 g/mol. The number of aryl methyl sites for hydroxylation is 2. The Morgan fingerprint density at radius 3 is 2.12 bits per heavy atom. The molecule has 0 radical (unpaired) electrons. The molecule has 10 heteroatoms. The Kier molecular flexibility index (Phi) is 4.59. The standard InChI is InChI=1S/C14H10F6N2O2/c15-13(16,17)9-4-2-7(5-10(9)14(18,19)20)1-3-8-6-11(23)12(24)22-21-8/h2,4-6H,1,3H2,(H,21,23)(H,22,24)/p+1. The molecule has 4 nitrogen and oxygen atoms in total. The number of hydrogen-bond acceptors (Lipinski definition) is 2. The minimum atomic E-state index is -5.14. The Labute approximate surface area is 130 Å². The van der Waals surface area contributed by atoms with Crippen molar-refractivity contribution in [2.45, 2.75) is 25.2 Å². The van der Waals surface area contributed by atoms with Gasteiger partial charge in [-0.1, -0.05) is 6.07 Å². The molecule has 2 aromatic rings. The van der Waals surface area contributed by atoms with E-state index in [1.807, 2.05) is 0 Å². The van der Waals surface area contributed by atoms with Gasteiger partial charge in [-0.3, -0.25) is 4.79 Å². The van der Waals surface area contributed by atoms with Gasteiger partial charge in [0, 0.05) is 6.42 Å². The third-order valence-electron chi connectivity index (χ3n) is 3.26. The topological polar surface area (TPSA) is 67.2 Å². The summed E-state index contributed by atoms with van der Waals surface area (Å²) >= 11 is 0. The molecule has 0 unspecified atom stereocenters. The predicted octanol–water partition coefficient (Wildman–Crippen LogP) is 2.72. The van der Waals surface area contributed by atoms with E-state index < -0.39 is 34.8 Å². The fraction of sp³-hybridized carbons (Fsp3) is 0.286. The van der Waals surface area contributed by atoms with Crippen LogP contribution in [-0.4, -0.2) is 10.2 Å². The fourth-order valence-electron chi connectivity index (χ4n) is 2.11. The first-order chi connectivity index (χ1) is 11.0. The minimum Gasteiger partial charge on any atom is -0.503 e. The Bertz CT molecular complexity index is 795. The summed E-state index contributed by atoms with van der Waals surface area (Å²) in [7, 11) is 0. The maximum absolute atomic E-state index is 12.8. The summed E-state index contributed by atoms with van der Waals surface area (Å²) in [6, 6.07) is 2.90. The molecule has 2 rings (SSSR count). The summed E-state index contributed by atoms with van der Waals surface area (Å²) in [6.07, 6.45) is -10.2. The molecule has 3 N–H and O–H groups in total. The van der Waals surface area contributed by atoms with Crippen LogP contribution in [0.4, 0.5) is 26.3 Å².